The van der Waals surface area contributed by atoms with Crippen LogP contribution < -0.4 is 26.2 Å². The number of rotatable bonds is 4. The van der Waals surface area contributed by atoms with Crippen molar-refractivity contribution in [3.63, 3.8) is 0 Å². The van der Waals surface area contributed by atoms with Gasteiger partial charge in [-0.25, -0.2) is 0 Å². The molecule has 0 saturated heterocycles. The van der Waals surface area contributed by atoms with Crippen molar-refractivity contribution in [3.05, 3.63) is 170 Å². The van der Waals surface area contributed by atoms with E-state index in [0.29, 0.717) is 0 Å². The molecule has 3 heteroatoms. The molecular weight excluding hydrogens is 543 g/mol. The fraction of sp³-hybridized carbons (Fsp3) is 0.0476. The van der Waals surface area contributed by atoms with E-state index in [1.165, 1.54) is 72.8 Å². The molecule has 9 rings (SSSR count). The predicted octanol–water partition coefficient (Wildman–Crippen LogP) is 9.01. The molecule has 0 N–H and O–H groups in total. The maximum absolute atomic E-state index is 2.52. The molecule has 212 valence electrons. The van der Waals surface area contributed by atoms with E-state index in [1.54, 1.807) is 0 Å². The SMILES string of the molecule is C1=CCCC(N2c3ccccc3B3c4cc(-c5ccccc5)ccc4N(c4ccc(-c5ccccc5)cc4)c4cccc2c43)=C1. The van der Waals surface area contributed by atoms with Crippen LogP contribution in [-0.2, 0) is 0 Å². The van der Waals surface area contributed by atoms with E-state index in [4.69, 9.17) is 0 Å². The van der Waals surface area contributed by atoms with Crippen LogP contribution in [0.2, 0.25) is 0 Å². The first kappa shape index (κ1) is 25.9. The lowest BCUT2D eigenvalue weighted by Crippen LogP contribution is -2.61. The lowest BCUT2D eigenvalue weighted by molar-refractivity contribution is 0.919. The average Bonchev–Trinajstić information content (AvgIpc) is 3.12. The quantitative estimate of drug-likeness (QED) is 0.194. The molecule has 3 aliphatic rings. The van der Waals surface area contributed by atoms with Gasteiger partial charge in [-0.05, 0) is 94.0 Å². The second kappa shape index (κ2) is 10.6. The van der Waals surface area contributed by atoms with Crippen LogP contribution in [0, 0.1) is 0 Å². The lowest BCUT2D eigenvalue weighted by Gasteiger charge is -2.44. The number of para-hydroxylation sites is 1. The van der Waals surface area contributed by atoms with Crippen molar-refractivity contribution in [2.45, 2.75) is 12.8 Å². The van der Waals surface area contributed by atoms with Crippen LogP contribution in [0.4, 0.5) is 28.4 Å². The minimum Gasteiger partial charge on any atom is -0.315 e. The van der Waals surface area contributed by atoms with Crippen LogP contribution in [-0.4, -0.2) is 6.71 Å². The molecule has 0 unspecified atom stereocenters. The van der Waals surface area contributed by atoms with Crippen LogP contribution in [0.1, 0.15) is 12.8 Å². The van der Waals surface area contributed by atoms with Crippen molar-refractivity contribution in [2.24, 2.45) is 0 Å². The third-order valence-corrected chi connectivity index (χ3v) is 9.52. The van der Waals surface area contributed by atoms with Gasteiger partial charge in [-0.15, -0.1) is 0 Å². The Hall–Kier alpha value is -5.54. The van der Waals surface area contributed by atoms with Crippen LogP contribution >= 0.6 is 0 Å². The van der Waals surface area contributed by atoms with E-state index >= 15 is 0 Å². The third kappa shape index (κ3) is 4.19. The molecule has 1 aliphatic carbocycles. The molecule has 6 aromatic rings. The predicted molar refractivity (Wildman–Crippen MR) is 192 cm³/mol. The van der Waals surface area contributed by atoms with E-state index in [0.717, 1.165) is 12.8 Å². The van der Waals surface area contributed by atoms with E-state index < -0.39 is 0 Å². The maximum atomic E-state index is 2.52. The molecule has 0 spiro atoms. The highest BCUT2D eigenvalue weighted by Gasteiger charge is 2.43. The molecule has 6 aromatic carbocycles. The van der Waals surface area contributed by atoms with Crippen LogP contribution in [0.25, 0.3) is 22.3 Å². The lowest BCUT2D eigenvalue weighted by atomic mass is 9.33. The Kier molecular flexibility index (Phi) is 6.09. The zero-order valence-corrected chi connectivity index (χ0v) is 25.0. The van der Waals surface area contributed by atoms with E-state index in [1.807, 2.05) is 0 Å². The Balaban J connectivity index is 1.29. The zero-order valence-electron chi connectivity index (χ0n) is 25.0. The number of hydrogen-bond acceptors (Lipinski definition) is 2. The van der Waals surface area contributed by atoms with Crippen LogP contribution in [0.5, 0.6) is 0 Å². The van der Waals surface area contributed by atoms with Gasteiger partial charge in [-0.3, -0.25) is 0 Å². The molecule has 2 aliphatic heterocycles. The molecule has 45 heavy (non-hydrogen) atoms. The summed E-state index contributed by atoms with van der Waals surface area (Å²) in [6.45, 7) is 0.127. The van der Waals surface area contributed by atoms with E-state index in [9.17, 15) is 0 Å². The first-order valence-electron chi connectivity index (χ1n) is 15.9. The van der Waals surface area contributed by atoms with Gasteiger partial charge < -0.3 is 9.80 Å². The molecule has 0 bridgehead atoms. The summed E-state index contributed by atoms with van der Waals surface area (Å²) in [7, 11) is 0. The summed E-state index contributed by atoms with van der Waals surface area (Å²) in [6, 6.07) is 53.4. The van der Waals surface area contributed by atoms with E-state index in [2.05, 4.69) is 174 Å². The molecule has 2 heterocycles. The highest BCUT2D eigenvalue weighted by molar-refractivity contribution is 7.00. The first-order valence-corrected chi connectivity index (χ1v) is 15.9. The van der Waals surface area contributed by atoms with Crippen molar-refractivity contribution in [1.82, 2.24) is 0 Å². The summed E-state index contributed by atoms with van der Waals surface area (Å²) < 4.78 is 0. The number of benzene rings is 6. The summed E-state index contributed by atoms with van der Waals surface area (Å²) in [5.74, 6) is 0. The fourth-order valence-electron chi connectivity index (χ4n) is 7.50. The third-order valence-electron chi connectivity index (χ3n) is 9.52. The van der Waals surface area contributed by atoms with Crippen LogP contribution in [0.3, 0.4) is 0 Å². The standard InChI is InChI=1S/C42H31BN2/c1-4-13-30(14-5-1)32-23-26-35(27-24-32)45-39-28-25-33(31-15-6-2-7-16-31)29-37(39)43-36-19-10-11-20-38(36)44(34-17-8-3-9-18-34)40-21-12-22-41(45)42(40)43/h1-8,10-17,19-29H,9,18H2. The van der Waals surface area contributed by atoms with Crippen molar-refractivity contribution in [1.29, 1.82) is 0 Å². The van der Waals surface area contributed by atoms with Gasteiger partial charge in [0.2, 0.25) is 0 Å². The number of hydrogen-bond donors (Lipinski definition) is 0. The normalized spacial score (nSPS) is 14.4. The number of allylic oxidation sites excluding steroid dienone is 4. The Morgan fingerprint density at radius 1 is 0.467 bits per heavy atom. The topological polar surface area (TPSA) is 6.48 Å². The Labute approximate surface area is 265 Å². The van der Waals surface area contributed by atoms with Gasteiger partial charge in [0.05, 0.1) is 0 Å². The van der Waals surface area contributed by atoms with Gasteiger partial charge in [0.25, 0.3) is 6.71 Å². The van der Waals surface area contributed by atoms with E-state index in [-0.39, 0.29) is 6.71 Å². The molecule has 2 nitrogen and oxygen atoms in total. The minimum absolute atomic E-state index is 0.127. The Morgan fingerprint density at radius 2 is 1.07 bits per heavy atom. The zero-order chi connectivity index (χ0) is 29.7. The number of nitrogens with zero attached hydrogens (tertiary/aromatic N) is 2. The van der Waals surface area contributed by atoms with Gasteiger partial charge in [-0.1, -0.05) is 121 Å². The molecule has 0 fully saturated rings. The minimum atomic E-state index is 0.127. The maximum Gasteiger partial charge on any atom is 0.252 e. The monoisotopic (exact) mass is 574 g/mol. The van der Waals surface area contributed by atoms with Gasteiger partial charge in [0.15, 0.2) is 0 Å². The van der Waals surface area contributed by atoms with Crippen molar-refractivity contribution in [3.8, 4) is 22.3 Å². The smallest absolute Gasteiger partial charge is 0.252 e. The van der Waals surface area contributed by atoms with Gasteiger partial charge in [0, 0.05) is 34.1 Å². The van der Waals surface area contributed by atoms with Gasteiger partial charge >= 0.3 is 0 Å². The van der Waals surface area contributed by atoms with Crippen molar-refractivity contribution < 1.29 is 0 Å². The van der Waals surface area contributed by atoms with Crippen molar-refractivity contribution >= 4 is 51.5 Å². The highest BCUT2D eigenvalue weighted by atomic mass is 15.2. The first-order chi connectivity index (χ1) is 22.3. The van der Waals surface area contributed by atoms with Gasteiger partial charge in [0.1, 0.15) is 0 Å². The summed E-state index contributed by atoms with van der Waals surface area (Å²) in [6.07, 6.45) is 8.87. The second-order valence-corrected chi connectivity index (χ2v) is 12.0. The molecule has 0 aromatic heterocycles. The second-order valence-electron chi connectivity index (χ2n) is 12.0. The summed E-state index contributed by atoms with van der Waals surface area (Å²) in [5.41, 5.74) is 16.6. The largest absolute Gasteiger partial charge is 0.315 e. The number of fused-ring (bicyclic) bond motifs is 4. The Morgan fingerprint density at radius 3 is 1.80 bits per heavy atom. The molecule has 0 atom stereocenters. The fourth-order valence-corrected chi connectivity index (χ4v) is 7.50. The summed E-state index contributed by atoms with van der Waals surface area (Å²) >= 11 is 0. The molecular formula is C42H31BN2. The molecule has 0 amide bonds. The van der Waals surface area contributed by atoms with Crippen LogP contribution in [0.15, 0.2) is 170 Å². The summed E-state index contributed by atoms with van der Waals surface area (Å²) in [4.78, 5) is 5.01. The van der Waals surface area contributed by atoms with Crippen molar-refractivity contribution in [2.75, 3.05) is 9.80 Å². The molecule has 0 radical (unpaired) electrons. The van der Waals surface area contributed by atoms with Gasteiger partial charge in [-0.2, -0.15) is 0 Å². The Bertz CT molecular complexity index is 2110. The average molecular weight is 575 g/mol. The summed E-state index contributed by atoms with van der Waals surface area (Å²) in [5, 5.41) is 0. The molecule has 0 saturated carbocycles. The number of anilines is 5. The highest BCUT2D eigenvalue weighted by Crippen LogP contribution is 2.43.